The van der Waals surface area contributed by atoms with Crippen molar-refractivity contribution in [3.05, 3.63) is 47.3 Å². The minimum atomic E-state index is -0.168. The first-order chi connectivity index (χ1) is 12.0. The molecule has 3 aromatic rings. The van der Waals surface area contributed by atoms with Crippen LogP contribution in [0.2, 0.25) is 0 Å². The second-order valence-electron chi connectivity index (χ2n) is 6.71. The van der Waals surface area contributed by atoms with Gasteiger partial charge in [0.05, 0.1) is 16.6 Å². The summed E-state index contributed by atoms with van der Waals surface area (Å²) < 4.78 is 5.30. The molecule has 6 nitrogen and oxygen atoms in total. The van der Waals surface area contributed by atoms with Gasteiger partial charge in [-0.3, -0.25) is 4.79 Å². The number of nitrogens with one attached hydrogen (secondary N) is 1. The number of amides is 1. The SMILES string of the molecule is Cc1noc2nc(C3CC3)cc(C(=O)Nc3ccc(N(C)C)cc3)c12. The maximum absolute atomic E-state index is 12.9. The standard InChI is InChI=1S/C19H20N4O2/c1-11-17-15(10-16(12-4-5-12)21-19(17)25-22-11)18(24)20-13-6-8-14(9-7-13)23(2)3/h6-10,12H,4-5H2,1-3H3,(H,20,24). The van der Waals surface area contributed by atoms with Gasteiger partial charge in [-0.05, 0) is 50.1 Å². The topological polar surface area (TPSA) is 71.3 Å². The molecular weight excluding hydrogens is 316 g/mol. The number of rotatable bonds is 4. The van der Waals surface area contributed by atoms with E-state index < -0.39 is 0 Å². The zero-order valence-electron chi connectivity index (χ0n) is 14.5. The minimum absolute atomic E-state index is 0.168. The van der Waals surface area contributed by atoms with Gasteiger partial charge in [-0.15, -0.1) is 0 Å². The van der Waals surface area contributed by atoms with Gasteiger partial charge < -0.3 is 14.7 Å². The number of aromatic nitrogens is 2. The van der Waals surface area contributed by atoms with Crippen LogP contribution >= 0.6 is 0 Å². The summed E-state index contributed by atoms with van der Waals surface area (Å²) in [4.78, 5) is 19.4. The highest BCUT2D eigenvalue weighted by atomic mass is 16.5. The predicted octanol–water partition coefficient (Wildman–Crippen LogP) is 3.73. The average Bonchev–Trinajstić information content (AvgIpc) is 3.38. The molecule has 6 heteroatoms. The third kappa shape index (κ3) is 2.95. The second kappa shape index (κ2) is 5.88. The Kier molecular flexibility index (Phi) is 3.67. The third-order valence-corrected chi connectivity index (χ3v) is 4.52. The zero-order chi connectivity index (χ0) is 17.6. The molecule has 4 rings (SSSR count). The van der Waals surface area contributed by atoms with Crippen molar-refractivity contribution in [1.29, 1.82) is 0 Å². The minimum Gasteiger partial charge on any atom is -0.378 e. The molecule has 25 heavy (non-hydrogen) atoms. The lowest BCUT2D eigenvalue weighted by molar-refractivity contribution is 0.102. The highest BCUT2D eigenvalue weighted by Crippen LogP contribution is 2.40. The summed E-state index contributed by atoms with van der Waals surface area (Å²) >= 11 is 0. The number of nitrogens with zero attached hydrogens (tertiary/aromatic N) is 3. The van der Waals surface area contributed by atoms with Crippen LogP contribution in [0.4, 0.5) is 11.4 Å². The van der Waals surface area contributed by atoms with Crippen molar-refractivity contribution in [2.75, 3.05) is 24.3 Å². The van der Waals surface area contributed by atoms with E-state index in [9.17, 15) is 4.79 Å². The molecule has 1 amide bonds. The first-order valence-electron chi connectivity index (χ1n) is 8.38. The molecule has 2 aromatic heterocycles. The molecule has 0 saturated heterocycles. The molecule has 1 fully saturated rings. The number of aryl methyl sites for hydroxylation is 1. The van der Waals surface area contributed by atoms with Crippen LogP contribution in [0.3, 0.4) is 0 Å². The first kappa shape index (κ1) is 15.6. The number of carbonyl (C=O) groups excluding carboxylic acids is 1. The van der Waals surface area contributed by atoms with Crippen LogP contribution in [0.1, 0.15) is 40.5 Å². The van der Waals surface area contributed by atoms with Gasteiger partial charge in [-0.2, -0.15) is 0 Å². The molecule has 1 aliphatic carbocycles. The van der Waals surface area contributed by atoms with Gasteiger partial charge in [0, 0.05) is 37.1 Å². The van der Waals surface area contributed by atoms with Crippen LogP contribution in [-0.4, -0.2) is 30.1 Å². The predicted molar refractivity (Wildman–Crippen MR) is 97.2 cm³/mol. The Labute approximate surface area is 145 Å². The normalized spacial score (nSPS) is 13.9. The fraction of sp³-hybridized carbons (Fsp3) is 0.316. The van der Waals surface area contributed by atoms with E-state index in [2.05, 4.69) is 15.5 Å². The summed E-state index contributed by atoms with van der Waals surface area (Å²) in [6.45, 7) is 1.83. The summed E-state index contributed by atoms with van der Waals surface area (Å²) in [5.41, 5.74) is 4.44. The molecule has 0 aliphatic heterocycles. The van der Waals surface area contributed by atoms with Gasteiger partial charge in [0.1, 0.15) is 0 Å². The Morgan fingerprint density at radius 1 is 1.24 bits per heavy atom. The Morgan fingerprint density at radius 3 is 2.60 bits per heavy atom. The fourth-order valence-corrected chi connectivity index (χ4v) is 2.92. The van der Waals surface area contributed by atoms with E-state index in [1.165, 1.54) is 0 Å². The monoisotopic (exact) mass is 336 g/mol. The number of anilines is 2. The van der Waals surface area contributed by atoms with Gasteiger partial charge in [0.15, 0.2) is 0 Å². The molecular formula is C19H20N4O2. The summed E-state index contributed by atoms with van der Waals surface area (Å²) in [5, 5.41) is 7.63. The van der Waals surface area contributed by atoms with Gasteiger partial charge >= 0.3 is 0 Å². The van der Waals surface area contributed by atoms with Crippen LogP contribution in [0.25, 0.3) is 11.1 Å². The van der Waals surface area contributed by atoms with E-state index in [0.29, 0.717) is 28.3 Å². The van der Waals surface area contributed by atoms with Crippen molar-refractivity contribution in [2.24, 2.45) is 0 Å². The van der Waals surface area contributed by atoms with Crippen molar-refractivity contribution in [3.63, 3.8) is 0 Å². The number of carbonyl (C=O) groups is 1. The number of fused-ring (bicyclic) bond motifs is 1. The molecule has 0 radical (unpaired) electrons. The Balaban J connectivity index is 1.68. The lowest BCUT2D eigenvalue weighted by Gasteiger charge is -2.13. The maximum atomic E-state index is 12.9. The van der Waals surface area contributed by atoms with Crippen molar-refractivity contribution < 1.29 is 9.32 Å². The van der Waals surface area contributed by atoms with Crippen LogP contribution in [-0.2, 0) is 0 Å². The largest absolute Gasteiger partial charge is 0.378 e. The average molecular weight is 336 g/mol. The van der Waals surface area contributed by atoms with Crippen LogP contribution in [0.15, 0.2) is 34.9 Å². The van der Waals surface area contributed by atoms with Crippen LogP contribution in [0.5, 0.6) is 0 Å². The molecule has 0 spiro atoms. The van der Waals surface area contributed by atoms with Crippen molar-refractivity contribution in [1.82, 2.24) is 10.1 Å². The fourth-order valence-electron chi connectivity index (χ4n) is 2.92. The van der Waals surface area contributed by atoms with Crippen molar-refractivity contribution in [2.45, 2.75) is 25.7 Å². The lowest BCUT2D eigenvalue weighted by Crippen LogP contribution is -2.14. The molecule has 128 valence electrons. The summed E-state index contributed by atoms with van der Waals surface area (Å²) in [6.07, 6.45) is 2.22. The Bertz CT molecular complexity index is 940. The molecule has 1 aliphatic rings. The van der Waals surface area contributed by atoms with E-state index in [4.69, 9.17) is 4.52 Å². The summed E-state index contributed by atoms with van der Waals surface area (Å²) in [7, 11) is 3.96. The van der Waals surface area contributed by atoms with E-state index >= 15 is 0 Å². The second-order valence-corrected chi connectivity index (χ2v) is 6.71. The van der Waals surface area contributed by atoms with Crippen LogP contribution < -0.4 is 10.2 Å². The Morgan fingerprint density at radius 2 is 1.96 bits per heavy atom. The quantitative estimate of drug-likeness (QED) is 0.786. The van der Waals surface area contributed by atoms with Gasteiger partial charge in [-0.1, -0.05) is 5.16 Å². The van der Waals surface area contributed by atoms with Crippen LogP contribution in [0, 0.1) is 6.92 Å². The first-order valence-corrected chi connectivity index (χ1v) is 8.38. The lowest BCUT2D eigenvalue weighted by atomic mass is 10.1. The van der Waals surface area contributed by atoms with Gasteiger partial charge in [0.2, 0.25) is 0 Å². The smallest absolute Gasteiger partial charge is 0.259 e. The summed E-state index contributed by atoms with van der Waals surface area (Å²) in [5.74, 6) is 0.263. The number of hydrogen-bond acceptors (Lipinski definition) is 5. The van der Waals surface area contributed by atoms with E-state index in [1.54, 1.807) is 0 Å². The summed E-state index contributed by atoms with van der Waals surface area (Å²) in [6, 6.07) is 9.62. The highest BCUT2D eigenvalue weighted by Gasteiger charge is 2.28. The number of benzene rings is 1. The molecule has 1 saturated carbocycles. The van der Waals surface area contributed by atoms with Gasteiger partial charge in [-0.25, -0.2) is 4.98 Å². The molecule has 2 heterocycles. The molecule has 1 aromatic carbocycles. The van der Waals surface area contributed by atoms with E-state index in [1.807, 2.05) is 56.3 Å². The van der Waals surface area contributed by atoms with Crippen molar-refractivity contribution in [3.8, 4) is 0 Å². The zero-order valence-corrected chi connectivity index (χ0v) is 14.5. The molecule has 0 bridgehead atoms. The van der Waals surface area contributed by atoms with Gasteiger partial charge in [0.25, 0.3) is 11.6 Å². The molecule has 1 N–H and O–H groups in total. The van der Waals surface area contributed by atoms with Crippen molar-refractivity contribution >= 4 is 28.4 Å². The third-order valence-electron chi connectivity index (χ3n) is 4.52. The Hall–Kier alpha value is -2.89. The van der Waals surface area contributed by atoms with E-state index in [0.717, 1.165) is 29.9 Å². The number of pyridine rings is 1. The molecule has 0 atom stereocenters. The maximum Gasteiger partial charge on any atom is 0.259 e. The highest BCUT2D eigenvalue weighted by molar-refractivity contribution is 6.12. The number of hydrogen-bond donors (Lipinski definition) is 1. The van der Waals surface area contributed by atoms with E-state index in [-0.39, 0.29) is 5.91 Å². The molecule has 0 unspecified atom stereocenters.